The first-order valence-corrected chi connectivity index (χ1v) is 5.16. The lowest BCUT2D eigenvalue weighted by molar-refractivity contribution is -0.255. The molecule has 0 aromatic heterocycles. The Morgan fingerprint density at radius 1 is 1.12 bits per heavy atom. The van der Waals surface area contributed by atoms with Gasteiger partial charge in [-0.2, -0.15) is 0 Å². The average Bonchev–Trinajstić information content (AvgIpc) is 2.32. The van der Waals surface area contributed by atoms with Crippen molar-refractivity contribution in [3.63, 3.8) is 0 Å². The van der Waals surface area contributed by atoms with E-state index in [2.05, 4.69) is 0 Å². The van der Waals surface area contributed by atoms with Gasteiger partial charge in [0, 0.05) is 0 Å². The number of aromatic carboxylic acids is 1. The fraction of sp³-hybridized carbons (Fsp3) is 0.0714. The van der Waals surface area contributed by atoms with Crippen LogP contribution in [0.3, 0.4) is 0 Å². The van der Waals surface area contributed by atoms with Gasteiger partial charge in [-0.05, 0) is 41.3 Å². The molecule has 0 unspecified atom stereocenters. The van der Waals surface area contributed by atoms with Gasteiger partial charge < -0.3 is 9.90 Å². The van der Waals surface area contributed by atoms with Crippen molar-refractivity contribution >= 4 is 5.97 Å². The standard InChI is InChI=1S/C14H11FO2/c1-9-2-7-12(15)8-13(9)10-3-5-11(6-4-10)14(16)17/h2-8H,1H3,(H,16,17)/p-1. The lowest BCUT2D eigenvalue weighted by atomic mass is 9.99. The van der Waals surface area contributed by atoms with E-state index in [1.165, 1.54) is 24.3 Å². The Morgan fingerprint density at radius 2 is 1.76 bits per heavy atom. The van der Waals surface area contributed by atoms with Crippen LogP contribution in [-0.2, 0) is 0 Å². The zero-order valence-corrected chi connectivity index (χ0v) is 9.24. The number of carboxylic acid groups (broad SMARTS) is 1. The second-order valence-corrected chi connectivity index (χ2v) is 3.82. The number of benzene rings is 2. The molecule has 3 heteroatoms. The summed E-state index contributed by atoms with van der Waals surface area (Å²) < 4.78 is 13.1. The monoisotopic (exact) mass is 229 g/mol. The predicted molar refractivity (Wildman–Crippen MR) is 60.9 cm³/mol. The summed E-state index contributed by atoms with van der Waals surface area (Å²) >= 11 is 0. The Hall–Kier alpha value is -2.16. The summed E-state index contributed by atoms with van der Waals surface area (Å²) in [6, 6.07) is 10.7. The lowest BCUT2D eigenvalue weighted by Gasteiger charge is -2.08. The molecule has 2 aromatic rings. The molecule has 0 fully saturated rings. The molecule has 2 aromatic carbocycles. The molecule has 0 heterocycles. The van der Waals surface area contributed by atoms with E-state index >= 15 is 0 Å². The zero-order chi connectivity index (χ0) is 12.4. The molecule has 0 aliphatic rings. The van der Waals surface area contributed by atoms with E-state index in [-0.39, 0.29) is 11.4 Å². The van der Waals surface area contributed by atoms with Crippen molar-refractivity contribution in [1.29, 1.82) is 0 Å². The number of carbonyl (C=O) groups is 1. The Kier molecular flexibility index (Phi) is 2.91. The van der Waals surface area contributed by atoms with Crippen LogP contribution < -0.4 is 5.11 Å². The van der Waals surface area contributed by atoms with Crippen LogP contribution in [0.25, 0.3) is 11.1 Å². The molecule has 2 nitrogen and oxygen atoms in total. The first-order valence-electron chi connectivity index (χ1n) is 5.16. The lowest BCUT2D eigenvalue weighted by Crippen LogP contribution is -2.21. The minimum absolute atomic E-state index is 0.114. The number of hydrogen-bond acceptors (Lipinski definition) is 2. The summed E-state index contributed by atoms with van der Waals surface area (Å²) in [7, 11) is 0. The summed E-state index contributed by atoms with van der Waals surface area (Å²) in [6.07, 6.45) is 0. The van der Waals surface area contributed by atoms with Gasteiger partial charge in [-0.1, -0.05) is 30.3 Å². The van der Waals surface area contributed by atoms with Crippen LogP contribution in [0, 0.1) is 12.7 Å². The number of aryl methyl sites for hydroxylation is 1. The third kappa shape index (κ3) is 2.33. The second kappa shape index (κ2) is 4.37. The molecule has 0 saturated carbocycles. The first kappa shape index (κ1) is 11.3. The molecule has 0 spiro atoms. The number of carboxylic acids is 1. The molecule has 0 aliphatic carbocycles. The number of halogens is 1. The number of rotatable bonds is 2. The Bertz CT molecular complexity index is 559. The smallest absolute Gasteiger partial charge is 0.123 e. The van der Waals surface area contributed by atoms with Crippen LogP contribution in [0.4, 0.5) is 4.39 Å². The van der Waals surface area contributed by atoms with Gasteiger partial charge in [0.15, 0.2) is 0 Å². The minimum Gasteiger partial charge on any atom is -0.545 e. The van der Waals surface area contributed by atoms with Gasteiger partial charge in [0.1, 0.15) is 5.82 Å². The Labute approximate surface area is 98.3 Å². The largest absolute Gasteiger partial charge is 0.545 e. The minimum atomic E-state index is -1.22. The van der Waals surface area contributed by atoms with Crippen LogP contribution >= 0.6 is 0 Å². The molecule has 86 valence electrons. The highest BCUT2D eigenvalue weighted by atomic mass is 19.1. The van der Waals surface area contributed by atoms with Crippen LogP contribution in [-0.4, -0.2) is 5.97 Å². The van der Waals surface area contributed by atoms with Crippen molar-refractivity contribution in [2.45, 2.75) is 6.92 Å². The molecular weight excluding hydrogens is 219 g/mol. The van der Waals surface area contributed by atoms with E-state index in [0.29, 0.717) is 0 Å². The van der Waals surface area contributed by atoms with E-state index in [0.717, 1.165) is 16.7 Å². The van der Waals surface area contributed by atoms with Gasteiger partial charge in [-0.3, -0.25) is 0 Å². The van der Waals surface area contributed by atoms with E-state index in [1.54, 1.807) is 18.2 Å². The highest BCUT2D eigenvalue weighted by Crippen LogP contribution is 2.24. The van der Waals surface area contributed by atoms with Crippen molar-refractivity contribution in [3.05, 3.63) is 59.4 Å². The number of carbonyl (C=O) groups excluding carboxylic acids is 1. The molecule has 0 atom stereocenters. The van der Waals surface area contributed by atoms with Crippen molar-refractivity contribution in [2.24, 2.45) is 0 Å². The van der Waals surface area contributed by atoms with Gasteiger partial charge in [-0.25, -0.2) is 4.39 Å². The molecule has 0 radical (unpaired) electrons. The van der Waals surface area contributed by atoms with Gasteiger partial charge >= 0.3 is 0 Å². The van der Waals surface area contributed by atoms with Crippen molar-refractivity contribution in [3.8, 4) is 11.1 Å². The summed E-state index contributed by atoms with van der Waals surface area (Å²) in [5.41, 5.74) is 2.59. The maximum Gasteiger partial charge on any atom is 0.123 e. The van der Waals surface area contributed by atoms with Crippen molar-refractivity contribution < 1.29 is 14.3 Å². The fourth-order valence-electron chi connectivity index (χ4n) is 1.69. The predicted octanol–water partition coefficient (Wildman–Crippen LogP) is 2.16. The van der Waals surface area contributed by atoms with Crippen molar-refractivity contribution in [1.82, 2.24) is 0 Å². The molecule has 2 rings (SSSR count). The molecule has 0 amide bonds. The molecule has 0 aliphatic heterocycles. The third-order valence-corrected chi connectivity index (χ3v) is 2.63. The summed E-state index contributed by atoms with van der Waals surface area (Å²) in [4.78, 5) is 10.6. The second-order valence-electron chi connectivity index (χ2n) is 3.82. The van der Waals surface area contributed by atoms with E-state index in [9.17, 15) is 14.3 Å². The topological polar surface area (TPSA) is 40.1 Å². The highest BCUT2D eigenvalue weighted by molar-refractivity contribution is 5.86. The first-order chi connectivity index (χ1) is 8.08. The molecular formula is C14H10FO2-. The maximum absolute atomic E-state index is 13.1. The SMILES string of the molecule is Cc1ccc(F)cc1-c1ccc(C(=O)[O-])cc1. The summed E-state index contributed by atoms with van der Waals surface area (Å²) in [6.45, 7) is 1.88. The molecule has 0 saturated heterocycles. The van der Waals surface area contributed by atoms with Crippen LogP contribution in [0.2, 0.25) is 0 Å². The number of hydrogen-bond donors (Lipinski definition) is 0. The van der Waals surface area contributed by atoms with Crippen LogP contribution in [0.1, 0.15) is 15.9 Å². The molecule has 0 bridgehead atoms. The quantitative estimate of drug-likeness (QED) is 0.791. The average molecular weight is 229 g/mol. The summed E-state index contributed by atoms with van der Waals surface area (Å²) in [5, 5.41) is 10.6. The summed E-state index contributed by atoms with van der Waals surface area (Å²) in [5.74, 6) is -1.53. The van der Waals surface area contributed by atoms with E-state index < -0.39 is 5.97 Å². The normalized spacial score (nSPS) is 10.2. The fourth-order valence-corrected chi connectivity index (χ4v) is 1.69. The Morgan fingerprint density at radius 3 is 2.35 bits per heavy atom. The molecule has 0 N–H and O–H groups in total. The maximum atomic E-state index is 13.1. The Balaban J connectivity index is 2.46. The van der Waals surface area contributed by atoms with E-state index in [1.807, 2.05) is 6.92 Å². The molecule has 17 heavy (non-hydrogen) atoms. The zero-order valence-electron chi connectivity index (χ0n) is 9.24. The van der Waals surface area contributed by atoms with E-state index in [4.69, 9.17) is 0 Å². The van der Waals surface area contributed by atoms with Gasteiger partial charge in [0.25, 0.3) is 0 Å². The van der Waals surface area contributed by atoms with Crippen molar-refractivity contribution in [2.75, 3.05) is 0 Å². The third-order valence-electron chi connectivity index (χ3n) is 2.63. The van der Waals surface area contributed by atoms with Gasteiger partial charge in [0.05, 0.1) is 5.97 Å². The van der Waals surface area contributed by atoms with Crippen LogP contribution in [0.5, 0.6) is 0 Å². The van der Waals surface area contributed by atoms with Gasteiger partial charge in [0.2, 0.25) is 0 Å². The highest BCUT2D eigenvalue weighted by Gasteiger charge is 2.03. The van der Waals surface area contributed by atoms with Gasteiger partial charge in [-0.15, -0.1) is 0 Å². The van der Waals surface area contributed by atoms with Crippen LogP contribution in [0.15, 0.2) is 42.5 Å².